The van der Waals surface area contributed by atoms with Crippen LogP contribution < -0.4 is 5.32 Å². The van der Waals surface area contributed by atoms with Gasteiger partial charge in [-0.1, -0.05) is 27.2 Å². The minimum absolute atomic E-state index is 0.757. The first-order valence-corrected chi connectivity index (χ1v) is 9.86. The fourth-order valence-electron chi connectivity index (χ4n) is 4.33. The molecule has 0 aromatic carbocycles. The van der Waals surface area contributed by atoms with E-state index in [4.69, 9.17) is 0 Å². The van der Waals surface area contributed by atoms with Crippen molar-refractivity contribution in [1.29, 1.82) is 0 Å². The molecule has 0 bridgehead atoms. The van der Waals surface area contributed by atoms with E-state index in [9.17, 15) is 0 Å². The molecule has 1 saturated heterocycles. The number of hydrogen-bond donors (Lipinski definition) is 1. The fraction of sp³-hybridized carbons (Fsp3) is 1.00. The first-order valence-electron chi connectivity index (χ1n) is 8.81. The summed E-state index contributed by atoms with van der Waals surface area (Å²) in [5.74, 6) is 3.05. The molecule has 0 radical (unpaired) electrons. The minimum atomic E-state index is 0.757. The molecule has 1 aliphatic heterocycles. The van der Waals surface area contributed by atoms with Crippen LogP contribution in [0.1, 0.15) is 52.9 Å². The molecule has 0 spiro atoms. The lowest BCUT2D eigenvalue weighted by Gasteiger charge is -2.47. The summed E-state index contributed by atoms with van der Waals surface area (Å²) < 4.78 is 0. The third-order valence-electron chi connectivity index (χ3n) is 5.61. The standard InChI is InChI=1S/C17H32N2S/c1-4-20-17-7-5-6-15(17)19-11-14(13-8-9-13)18-10-16(19)12(2)3/h12-18H,4-11H2,1-3H3. The number of hydrogen-bond acceptors (Lipinski definition) is 3. The van der Waals surface area contributed by atoms with Gasteiger partial charge in [0.25, 0.3) is 0 Å². The van der Waals surface area contributed by atoms with E-state index in [1.807, 2.05) is 0 Å². The van der Waals surface area contributed by atoms with Gasteiger partial charge in [-0.25, -0.2) is 0 Å². The summed E-state index contributed by atoms with van der Waals surface area (Å²) in [6.07, 6.45) is 7.28. The number of rotatable bonds is 5. The second-order valence-electron chi connectivity index (χ2n) is 7.35. The van der Waals surface area contributed by atoms with E-state index in [1.54, 1.807) is 0 Å². The van der Waals surface area contributed by atoms with Crippen LogP contribution in [0, 0.1) is 11.8 Å². The summed E-state index contributed by atoms with van der Waals surface area (Å²) in [4.78, 5) is 2.94. The van der Waals surface area contributed by atoms with Crippen LogP contribution in [-0.4, -0.2) is 47.1 Å². The number of thioether (sulfide) groups is 1. The van der Waals surface area contributed by atoms with Gasteiger partial charge in [0.15, 0.2) is 0 Å². The Hall–Kier alpha value is 0.270. The Morgan fingerprint density at radius 1 is 1.20 bits per heavy atom. The zero-order chi connectivity index (χ0) is 14.1. The van der Waals surface area contributed by atoms with Crippen molar-refractivity contribution in [3.8, 4) is 0 Å². The average Bonchev–Trinajstić information content (AvgIpc) is 3.19. The Bertz CT molecular complexity index is 316. The molecule has 4 atom stereocenters. The van der Waals surface area contributed by atoms with E-state index in [2.05, 4.69) is 42.7 Å². The Kier molecular flexibility index (Phi) is 4.99. The Labute approximate surface area is 129 Å². The normalized spacial score (nSPS) is 39.6. The molecule has 20 heavy (non-hydrogen) atoms. The molecular weight excluding hydrogens is 264 g/mol. The van der Waals surface area contributed by atoms with Crippen molar-refractivity contribution < 1.29 is 0 Å². The molecule has 0 aromatic heterocycles. The lowest BCUT2D eigenvalue weighted by atomic mass is 9.94. The second kappa shape index (κ2) is 6.58. The van der Waals surface area contributed by atoms with Crippen LogP contribution >= 0.6 is 11.8 Å². The maximum atomic E-state index is 3.86. The van der Waals surface area contributed by atoms with Crippen LogP contribution in [0.2, 0.25) is 0 Å². The van der Waals surface area contributed by atoms with Crippen molar-refractivity contribution in [2.24, 2.45) is 11.8 Å². The molecule has 0 aromatic rings. The summed E-state index contributed by atoms with van der Waals surface area (Å²) in [5.41, 5.74) is 0. The second-order valence-corrected chi connectivity index (χ2v) is 8.87. The fourth-order valence-corrected chi connectivity index (χ4v) is 5.60. The van der Waals surface area contributed by atoms with E-state index >= 15 is 0 Å². The van der Waals surface area contributed by atoms with Crippen molar-refractivity contribution in [2.75, 3.05) is 18.8 Å². The SMILES string of the molecule is CCSC1CCCC1N1CC(C2CC2)NCC1C(C)C. The van der Waals surface area contributed by atoms with Crippen LogP contribution in [0.3, 0.4) is 0 Å². The monoisotopic (exact) mass is 296 g/mol. The highest BCUT2D eigenvalue weighted by Gasteiger charge is 2.43. The summed E-state index contributed by atoms with van der Waals surface area (Å²) in [5, 5.41) is 4.77. The van der Waals surface area contributed by atoms with Crippen molar-refractivity contribution in [1.82, 2.24) is 10.2 Å². The van der Waals surface area contributed by atoms with Crippen LogP contribution in [0.15, 0.2) is 0 Å². The molecule has 116 valence electrons. The highest BCUT2D eigenvalue weighted by atomic mass is 32.2. The average molecular weight is 297 g/mol. The molecule has 1 heterocycles. The smallest absolute Gasteiger partial charge is 0.0247 e. The molecule has 3 aliphatic rings. The van der Waals surface area contributed by atoms with Gasteiger partial charge in [0, 0.05) is 36.5 Å². The zero-order valence-corrected chi connectivity index (χ0v) is 14.3. The number of piperazine rings is 1. The van der Waals surface area contributed by atoms with E-state index in [0.29, 0.717) is 0 Å². The van der Waals surface area contributed by atoms with Gasteiger partial charge in [-0.05, 0) is 43.3 Å². The third kappa shape index (κ3) is 3.20. The highest BCUT2D eigenvalue weighted by molar-refractivity contribution is 7.99. The summed E-state index contributed by atoms with van der Waals surface area (Å²) >= 11 is 2.22. The van der Waals surface area contributed by atoms with E-state index < -0.39 is 0 Å². The van der Waals surface area contributed by atoms with Gasteiger partial charge in [-0.2, -0.15) is 11.8 Å². The first-order chi connectivity index (χ1) is 9.70. The van der Waals surface area contributed by atoms with Gasteiger partial charge in [-0.3, -0.25) is 4.90 Å². The molecule has 2 aliphatic carbocycles. The Balaban J connectivity index is 1.70. The third-order valence-corrected chi connectivity index (χ3v) is 6.92. The first kappa shape index (κ1) is 15.2. The summed E-state index contributed by atoms with van der Waals surface area (Å²) in [6, 6.07) is 2.40. The summed E-state index contributed by atoms with van der Waals surface area (Å²) in [6.45, 7) is 9.68. The predicted octanol–water partition coefficient (Wildman–Crippen LogP) is 3.37. The molecule has 4 unspecified atom stereocenters. The molecule has 3 heteroatoms. The minimum Gasteiger partial charge on any atom is -0.311 e. The van der Waals surface area contributed by atoms with Gasteiger partial charge in [0.05, 0.1) is 0 Å². The molecule has 3 fully saturated rings. The van der Waals surface area contributed by atoms with Crippen molar-refractivity contribution in [2.45, 2.75) is 76.3 Å². The zero-order valence-electron chi connectivity index (χ0n) is 13.5. The Morgan fingerprint density at radius 2 is 2.00 bits per heavy atom. The van der Waals surface area contributed by atoms with Crippen LogP contribution in [0.5, 0.6) is 0 Å². The van der Waals surface area contributed by atoms with Gasteiger partial charge >= 0.3 is 0 Å². The predicted molar refractivity (Wildman–Crippen MR) is 89.4 cm³/mol. The van der Waals surface area contributed by atoms with Crippen LogP contribution in [-0.2, 0) is 0 Å². The maximum Gasteiger partial charge on any atom is 0.0247 e. The van der Waals surface area contributed by atoms with E-state index in [-0.39, 0.29) is 0 Å². The van der Waals surface area contributed by atoms with Gasteiger partial charge in [0.1, 0.15) is 0 Å². The van der Waals surface area contributed by atoms with Crippen molar-refractivity contribution in [3.63, 3.8) is 0 Å². The van der Waals surface area contributed by atoms with Crippen molar-refractivity contribution in [3.05, 3.63) is 0 Å². The highest BCUT2D eigenvalue weighted by Crippen LogP contribution is 2.39. The molecular formula is C17H32N2S. The van der Waals surface area contributed by atoms with Gasteiger partial charge in [-0.15, -0.1) is 0 Å². The number of nitrogens with one attached hydrogen (secondary N) is 1. The van der Waals surface area contributed by atoms with Gasteiger partial charge < -0.3 is 5.32 Å². The molecule has 2 nitrogen and oxygen atoms in total. The lowest BCUT2D eigenvalue weighted by Crippen LogP contribution is -2.62. The molecule has 0 amide bonds. The molecule has 1 N–H and O–H groups in total. The largest absolute Gasteiger partial charge is 0.311 e. The summed E-state index contributed by atoms with van der Waals surface area (Å²) in [7, 11) is 0. The lowest BCUT2D eigenvalue weighted by molar-refractivity contribution is 0.0549. The van der Waals surface area contributed by atoms with Crippen molar-refractivity contribution >= 4 is 11.8 Å². The van der Waals surface area contributed by atoms with Crippen LogP contribution in [0.25, 0.3) is 0 Å². The van der Waals surface area contributed by atoms with Crippen LogP contribution in [0.4, 0.5) is 0 Å². The van der Waals surface area contributed by atoms with E-state index in [0.717, 1.165) is 35.2 Å². The quantitative estimate of drug-likeness (QED) is 0.837. The molecule has 3 rings (SSSR count). The number of nitrogens with zero attached hydrogens (tertiary/aromatic N) is 1. The van der Waals surface area contributed by atoms with Gasteiger partial charge in [0.2, 0.25) is 0 Å². The molecule has 2 saturated carbocycles. The van der Waals surface area contributed by atoms with E-state index in [1.165, 1.54) is 50.9 Å². The topological polar surface area (TPSA) is 15.3 Å². The maximum absolute atomic E-state index is 3.86. The Morgan fingerprint density at radius 3 is 2.65 bits per heavy atom.